The fourth-order valence-electron chi connectivity index (χ4n) is 3.23. The molecule has 4 amide bonds. The fraction of sp³-hybridized carbons (Fsp3) is 0.100. The van der Waals surface area contributed by atoms with Crippen LogP contribution in [0.25, 0.3) is 0 Å². The number of pyridine rings is 1. The van der Waals surface area contributed by atoms with Crippen molar-refractivity contribution in [3.05, 3.63) is 62.4 Å². The third kappa shape index (κ3) is 4.74. The Bertz CT molecular complexity index is 1430. The van der Waals surface area contributed by atoms with Crippen molar-refractivity contribution in [1.82, 2.24) is 9.71 Å². The minimum absolute atomic E-state index is 0.0118. The van der Waals surface area contributed by atoms with Gasteiger partial charge in [0.25, 0.3) is 15.9 Å². The smallest absolute Gasteiger partial charge is 0.333 e. The van der Waals surface area contributed by atoms with Crippen molar-refractivity contribution in [3.63, 3.8) is 0 Å². The molecule has 0 spiro atoms. The van der Waals surface area contributed by atoms with Gasteiger partial charge in [-0.15, -0.1) is 0 Å². The number of hydrogen-bond acceptors (Lipinski definition) is 8. The normalized spacial score (nSPS) is 13.4. The second kappa shape index (κ2) is 9.27. The Morgan fingerprint density at radius 1 is 1.21 bits per heavy atom. The molecular weight excluding hydrogens is 600 g/mol. The van der Waals surface area contributed by atoms with E-state index in [2.05, 4.69) is 38.2 Å². The number of aromatic nitrogens is 1. The number of anilines is 3. The van der Waals surface area contributed by atoms with Crippen LogP contribution in [0.1, 0.15) is 15.9 Å². The summed E-state index contributed by atoms with van der Waals surface area (Å²) >= 11 is 2.47. The van der Waals surface area contributed by atoms with Crippen LogP contribution in [0, 0.1) is 8.70 Å². The maximum absolute atomic E-state index is 13.1. The number of fused-ring (bicyclic) bond motifs is 1. The molecule has 2 aromatic heterocycles. The lowest BCUT2D eigenvalue weighted by molar-refractivity contribution is -0.117. The lowest BCUT2D eigenvalue weighted by Crippen LogP contribution is -2.43. The number of carbonyl (C=O) groups excluding carboxylic acids is 3. The maximum Gasteiger partial charge on any atom is 0.333 e. The van der Waals surface area contributed by atoms with Gasteiger partial charge in [0, 0.05) is 21.9 Å². The van der Waals surface area contributed by atoms with E-state index in [0.717, 1.165) is 26.3 Å². The summed E-state index contributed by atoms with van der Waals surface area (Å²) in [5.74, 6) is -0.922. The predicted molar refractivity (Wildman–Crippen MR) is 132 cm³/mol. The van der Waals surface area contributed by atoms with E-state index in [4.69, 9.17) is 0 Å². The van der Waals surface area contributed by atoms with Gasteiger partial charge in [-0.1, -0.05) is 11.3 Å². The van der Waals surface area contributed by atoms with Crippen LogP contribution in [0.15, 0.2) is 46.8 Å². The number of benzene rings is 1. The quantitative estimate of drug-likeness (QED) is 0.296. The standard InChI is InChI=1S/C20H15FIN5O5S2/c1-23-14-6-10-7-17(28)27(19(29)12(10)8-13(14)22)16-4-2-11(9-24-16)25-20(30)26-34(31,32)18-5-3-15(21)33-18/h2-6,8-9,23H,7H2,1H3,(H2,25,26,30). The largest absolute Gasteiger partial charge is 0.387 e. The first-order valence-electron chi connectivity index (χ1n) is 9.51. The van der Waals surface area contributed by atoms with Gasteiger partial charge in [-0.25, -0.2) is 27.8 Å². The molecule has 14 heteroatoms. The zero-order valence-electron chi connectivity index (χ0n) is 17.3. The Morgan fingerprint density at radius 2 is 1.97 bits per heavy atom. The minimum Gasteiger partial charge on any atom is -0.387 e. The molecule has 0 aliphatic carbocycles. The Morgan fingerprint density at radius 3 is 2.59 bits per heavy atom. The van der Waals surface area contributed by atoms with Crippen LogP contribution in [0.3, 0.4) is 0 Å². The van der Waals surface area contributed by atoms with E-state index in [0.29, 0.717) is 22.5 Å². The number of nitrogens with zero attached hydrogens (tertiary/aromatic N) is 2. The summed E-state index contributed by atoms with van der Waals surface area (Å²) in [5, 5.41) is 4.59. The van der Waals surface area contributed by atoms with Gasteiger partial charge in [0.15, 0.2) is 5.13 Å². The van der Waals surface area contributed by atoms with E-state index in [1.165, 1.54) is 18.3 Å². The van der Waals surface area contributed by atoms with Crippen molar-refractivity contribution in [2.75, 3.05) is 22.6 Å². The average molecular weight is 615 g/mol. The van der Waals surface area contributed by atoms with E-state index in [1.807, 2.05) is 0 Å². The molecule has 3 aromatic rings. The molecule has 34 heavy (non-hydrogen) atoms. The highest BCUT2D eigenvalue weighted by atomic mass is 127. The monoisotopic (exact) mass is 615 g/mol. The summed E-state index contributed by atoms with van der Waals surface area (Å²) in [6.07, 6.45) is 1.19. The highest BCUT2D eigenvalue weighted by molar-refractivity contribution is 14.1. The SMILES string of the molecule is CNc1cc2c(cc1I)C(=O)N(c1ccc(NC(=O)NS(=O)(=O)c3ccc(F)s3)cn1)C(=O)C2. The van der Waals surface area contributed by atoms with Crippen molar-refractivity contribution in [2.24, 2.45) is 0 Å². The molecule has 0 radical (unpaired) electrons. The molecule has 176 valence electrons. The molecule has 0 saturated heterocycles. The molecule has 1 aliphatic rings. The number of urea groups is 1. The van der Waals surface area contributed by atoms with Crippen molar-refractivity contribution >= 4 is 79.0 Å². The maximum atomic E-state index is 13.1. The van der Waals surface area contributed by atoms with Crippen molar-refractivity contribution in [3.8, 4) is 0 Å². The lowest BCUT2D eigenvalue weighted by Gasteiger charge is -2.26. The second-order valence-corrected chi connectivity index (χ2v) is 11.1. The lowest BCUT2D eigenvalue weighted by atomic mass is 9.97. The Labute approximate surface area is 210 Å². The zero-order chi connectivity index (χ0) is 24.6. The third-order valence-corrected chi connectivity index (χ3v) is 8.35. The van der Waals surface area contributed by atoms with Gasteiger partial charge in [0.1, 0.15) is 10.0 Å². The number of rotatable bonds is 5. The summed E-state index contributed by atoms with van der Waals surface area (Å²) in [6.45, 7) is 0. The van der Waals surface area contributed by atoms with E-state index < -0.39 is 33.0 Å². The summed E-state index contributed by atoms with van der Waals surface area (Å²) in [6, 6.07) is 7.11. The number of nitrogens with one attached hydrogen (secondary N) is 3. The van der Waals surface area contributed by atoms with Gasteiger partial charge in [0.2, 0.25) is 5.91 Å². The Hall–Kier alpha value is -3.11. The predicted octanol–water partition coefficient (Wildman–Crippen LogP) is 3.17. The fourth-order valence-corrected chi connectivity index (χ4v) is 5.87. The molecule has 0 bridgehead atoms. The van der Waals surface area contributed by atoms with E-state index in [1.54, 1.807) is 23.9 Å². The molecule has 3 N–H and O–H groups in total. The molecule has 1 aromatic carbocycles. The van der Waals surface area contributed by atoms with Crippen molar-refractivity contribution in [2.45, 2.75) is 10.6 Å². The molecule has 3 heterocycles. The number of hydrogen-bond donors (Lipinski definition) is 3. The number of imide groups is 1. The third-order valence-electron chi connectivity index (χ3n) is 4.76. The molecule has 0 unspecified atom stereocenters. The highest BCUT2D eigenvalue weighted by Gasteiger charge is 2.33. The van der Waals surface area contributed by atoms with Crippen LogP contribution in [-0.4, -0.2) is 38.3 Å². The number of sulfonamides is 1. The molecule has 0 saturated carbocycles. The summed E-state index contributed by atoms with van der Waals surface area (Å²) in [7, 11) is -2.49. The molecule has 10 nitrogen and oxygen atoms in total. The van der Waals surface area contributed by atoms with Gasteiger partial charge in [-0.2, -0.15) is 4.39 Å². The summed E-state index contributed by atoms with van der Waals surface area (Å²) in [5.41, 5.74) is 1.92. The first kappa shape index (κ1) is 24.0. The summed E-state index contributed by atoms with van der Waals surface area (Å²) in [4.78, 5) is 42.8. The minimum atomic E-state index is -4.24. The first-order valence-corrected chi connectivity index (χ1v) is 12.9. The Kier molecular flexibility index (Phi) is 6.55. The number of halogens is 2. The number of thiophene rings is 1. The molecule has 4 rings (SSSR count). The van der Waals surface area contributed by atoms with Gasteiger partial charge < -0.3 is 10.6 Å². The van der Waals surface area contributed by atoms with Gasteiger partial charge in [-0.3, -0.25) is 9.59 Å². The van der Waals surface area contributed by atoms with Crippen LogP contribution in [0.2, 0.25) is 0 Å². The summed E-state index contributed by atoms with van der Waals surface area (Å²) < 4.78 is 39.5. The van der Waals surface area contributed by atoms with Gasteiger partial charge in [-0.05, 0) is 64.6 Å². The Balaban J connectivity index is 1.49. The van der Waals surface area contributed by atoms with Crippen LogP contribution in [-0.2, 0) is 21.2 Å². The second-order valence-electron chi connectivity index (χ2n) is 6.97. The van der Waals surface area contributed by atoms with Crippen LogP contribution >= 0.6 is 33.9 Å². The first-order chi connectivity index (χ1) is 16.1. The number of carbonyl (C=O) groups is 3. The number of amides is 4. The van der Waals surface area contributed by atoms with Crippen LogP contribution in [0.4, 0.5) is 26.4 Å². The zero-order valence-corrected chi connectivity index (χ0v) is 21.0. The van der Waals surface area contributed by atoms with Gasteiger partial charge >= 0.3 is 6.03 Å². The van der Waals surface area contributed by atoms with E-state index in [-0.39, 0.29) is 22.1 Å². The molecular formula is C20H15FIN5O5S2. The van der Waals surface area contributed by atoms with E-state index in [9.17, 15) is 27.2 Å². The van der Waals surface area contributed by atoms with Crippen molar-refractivity contribution in [1.29, 1.82) is 0 Å². The molecule has 1 aliphatic heterocycles. The highest BCUT2D eigenvalue weighted by Crippen LogP contribution is 2.30. The van der Waals surface area contributed by atoms with Crippen molar-refractivity contribution < 1.29 is 27.2 Å². The topological polar surface area (TPSA) is 138 Å². The van der Waals surface area contributed by atoms with E-state index >= 15 is 0 Å². The average Bonchev–Trinajstić information content (AvgIpc) is 3.22. The molecule has 0 atom stereocenters. The van der Waals surface area contributed by atoms with Crippen LogP contribution < -0.4 is 20.3 Å². The van der Waals surface area contributed by atoms with Gasteiger partial charge in [0.05, 0.1) is 18.3 Å². The molecule has 0 fully saturated rings. The van der Waals surface area contributed by atoms with Crippen LogP contribution in [0.5, 0.6) is 0 Å².